The van der Waals surface area contributed by atoms with Crippen LogP contribution in [0.2, 0.25) is 0 Å². The minimum absolute atomic E-state index is 0. The van der Waals surface area contributed by atoms with E-state index < -0.39 is 0 Å². The number of benzene rings is 1. The number of nitrogens with two attached hydrogens (primary N) is 1. The summed E-state index contributed by atoms with van der Waals surface area (Å²) >= 11 is 5.35. The van der Waals surface area contributed by atoms with Crippen LogP contribution in [0.1, 0.15) is 19.3 Å². The standard InChI is InChI=1S/C17H23N3O3S.ClH/c1-22-12-6-7-13(15(10-12)23-2)14-11-16(21)19-17(24)20(14)9-5-3-4-8-18;/h6-7,10-11H,3-5,8-9,18H2,1-2H3,(H,19,21,24);1H. The van der Waals surface area contributed by atoms with Crippen molar-refractivity contribution in [3.05, 3.63) is 39.4 Å². The molecule has 6 nitrogen and oxygen atoms in total. The van der Waals surface area contributed by atoms with Gasteiger partial charge in [-0.15, -0.1) is 12.4 Å². The Morgan fingerprint density at radius 1 is 1.16 bits per heavy atom. The van der Waals surface area contributed by atoms with E-state index in [1.54, 1.807) is 26.4 Å². The second kappa shape index (κ2) is 10.2. The summed E-state index contributed by atoms with van der Waals surface area (Å²) in [6.45, 7) is 1.39. The molecule has 1 aromatic carbocycles. The molecule has 0 saturated heterocycles. The van der Waals surface area contributed by atoms with Crippen molar-refractivity contribution in [2.75, 3.05) is 20.8 Å². The van der Waals surface area contributed by atoms with Crippen molar-refractivity contribution in [1.82, 2.24) is 9.55 Å². The SMILES string of the molecule is COc1ccc(-c2cc(=O)[nH]c(=S)n2CCCCCN)c(OC)c1.Cl. The van der Waals surface area contributed by atoms with Crippen molar-refractivity contribution in [2.45, 2.75) is 25.8 Å². The van der Waals surface area contributed by atoms with E-state index in [-0.39, 0.29) is 18.0 Å². The first kappa shape index (κ1) is 21.2. The first-order valence-corrected chi connectivity index (χ1v) is 8.28. The molecule has 8 heteroatoms. The van der Waals surface area contributed by atoms with E-state index in [0.717, 1.165) is 30.5 Å². The molecule has 138 valence electrons. The number of ether oxygens (including phenoxy) is 2. The number of methoxy groups -OCH3 is 2. The minimum atomic E-state index is -0.230. The fraction of sp³-hybridized carbons (Fsp3) is 0.412. The number of halogens is 1. The smallest absolute Gasteiger partial charge is 0.252 e. The normalized spacial score (nSPS) is 10.2. The van der Waals surface area contributed by atoms with Gasteiger partial charge in [0, 0.05) is 24.2 Å². The van der Waals surface area contributed by atoms with E-state index in [1.807, 2.05) is 16.7 Å². The predicted molar refractivity (Wildman–Crippen MR) is 105 cm³/mol. The van der Waals surface area contributed by atoms with Crippen LogP contribution in [-0.2, 0) is 6.54 Å². The van der Waals surface area contributed by atoms with Crippen LogP contribution in [-0.4, -0.2) is 30.3 Å². The average Bonchev–Trinajstić information content (AvgIpc) is 2.59. The van der Waals surface area contributed by atoms with Gasteiger partial charge in [-0.25, -0.2) is 0 Å². The van der Waals surface area contributed by atoms with Crippen molar-refractivity contribution in [3.63, 3.8) is 0 Å². The summed E-state index contributed by atoms with van der Waals surface area (Å²) in [7, 11) is 3.19. The Morgan fingerprint density at radius 3 is 2.56 bits per heavy atom. The third kappa shape index (κ3) is 5.32. The number of nitrogens with zero attached hydrogens (tertiary/aromatic N) is 1. The van der Waals surface area contributed by atoms with E-state index in [1.165, 1.54) is 0 Å². The van der Waals surface area contributed by atoms with Crippen molar-refractivity contribution >= 4 is 24.6 Å². The molecule has 0 aliphatic rings. The molecule has 0 amide bonds. The zero-order valence-corrected chi connectivity index (χ0v) is 16.0. The Hall–Kier alpha value is -1.83. The van der Waals surface area contributed by atoms with E-state index >= 15 is 0 Å². The fourth-order valence-corrected chi connectivity index (χ4v) is 2.86. The van der Waals surface area contributed by atoms with Crippen LogP contribution >= 0.6 is 24.6 Å². The van der Waals surface area contributed by atoms with Gasteiger partial charge in [0.25, 0.3) is 5.56 Å². The largest absolute Gasteiger partial charge is 0.497 e. The minimum Gasteiger partial charge on any atom is -0.497 e. The van der Waals surface area contributed by atoms with E-state index in [2.05, 4.69) is 4.98 Å². The molecule has 0 aliphatic heterocycles. The first-order valence-electron chi connectivity index (χ1n) is 7.87. The summed E-state index contributed by atoms with van der Waals surface area (Å²) < 4.78 is 13.0. The van der Waals surface area contributed by atoms with Crippen LogP contribution in [0.4, 0.5) is 0 Å². The highest BCUT2D eigenvalue weighted by molar-refractivity contribution is 7.71. The lowest BCUT2D eigenvalue weighted by Crippen LogP contribution is -2.15. The van der Waals surface area contributed by atoms with E-state index in [9.17, 15) is 4.79 Å². The number of rotatable bonds is 8. The van der Waals surface area contributed by atoms with Crippen LogP contribution in [0.3, 0.4) is 0 Å². The molecule has 0 atom stereocenters. The molecule has 1 heterocycles. The number of hydrogen-bond acceptors (Lipinski definition) is 5. The predicted octanol–water partition coefficient (Wildman–Crippen LogP) is 3.14. The van der Waals surface area contributed by atoms with Crippen LogP contribution in [0, 0.1) is 4.77 Å². The lowest BCUT2D eigenvalue weighted by molar-refractivity contribution is 0.395. The van der Waals surface area contributed by atoms with Gasteiger partial charge in [-0.2, -0.15) is 0 Å². The molecule has 25 heavy (non-hydrogen) atoms. The van der Waals surface area contributed by atoms with Gasteiger partial charge in [0.2, 0.25) is 0 Å². The molecular weight excluding hydrogens is 362 g/mol. The van der Waals surface area contributed by atoms with Gasteiger partial charge in [0.15, 0.2) is 4.77 Å². The van der Waals surface area contributed by atoms with Crippen LogP contribution in [0.15, 0.2) is 29.1 Å². The summed E-state index contributed by atoms with van der Waals surface area (Å²) in [5.41, 5.74) is 6.84. The second-order valence-corrected chi connectivity index (χ2v) is 5.78. The quantitative estimate of drug-likeness (QED) is 0.538. The van der Waals surface area contributed by atoms with Crippen molar-refractivity contribution in [1.29, 1.82) is 0 Å². The zero-order chi connectivity index (χ0) is 17.5. The highest BCUT2D eigenvalue weighted by Crippen LogP contribution is 2.32. The van der Waals surface area contributed by atoms with Crippen molar-refractivity contribution < 1.29 is 9.47 Å². The molecular formula is C17H24ClN3O3S. The molecule has 0 unspecified atom stereocenters. The maximum absolute atomic E-state index is 11.9. The van der Waals surface area contributed by atoms with Gasteiger partial charge in [0.05, 0.1) is 19.9 Å². The van der Waals surface area contributed by atoms with Gasteiger partial charge < -0.3 is 19.8 Å². The number of nitrogens with one attached hydrogen (secondary N) is 1. The monoisotopic (exact) mass is 385 g/mol. The van der Waals surface area contributed by atoms with Gasteiger partial charge in [-0.05, 0) is 43.7 Å². The third-order valence-corrected chi connectivity index (χ3v) is 4.13. The van der Waals surface area contributed by atoms with Crippen LogP contribution in [0.5, 0.6) is 11.5 Å². The Kier molecular flexibility index (Phi) is 8.68. The first-order chi connectivity index (χ1) is 11.6. The van der Waals surface area contributed by atoms with Crippen LogP contribution in [0.25, 0.3) is 11.3 Å². The Bertz CT molecular complexity index is 804. The van der Waals surface area contributed by atoms with Gasteiger partial charge in [-0.1, -0.05) is 6.42 Å². The summed E-state index contributed by atoms with van der Waals surface area (Å²) in [5.74, 6) is 1.32. The van der Waals surface area contributed by atoms with Crippen molar-refractivity contribution in [2.24, 2.45) is 5.73 Å². The lowest BCUT2D eigenvalue weighted by Gasteiger charge is -2.16. The van der Waals surface area contributed by atoms with Crippen LogP contribution < -0.4 is 20.8 Å². The molecule has 0 fully saturated rings. The summed E-state index contributed by atoms with van der Waals surface area (Å²) in [6.07, 6.45) is 2.91. The molecule has 2 rings (SSSR count). The van der Waals surface area contributed by atoms with Gasteiger partial charge in [0.1, 0.15) is 11.5 Å². The third-order valence-electron chi connectivity index (χ3n) is 3.80. The van der Waals surface area contributed by atoms with Crippen molar-refractivity contribution in [3.8, 4) is 22.8 Å². The molecule has 0 radical (unpaired) electrons. The average molecular weight is 386 g/mol. The highest BCUT2D eigenvalue weighted by Gasteiger charge is 2.13. The zero-order valence-electron chi connectivity index (χ0n) is 14.4. The number of aromatic amines is 1. The van der Waals surface area contributed by atoms with Gasteiger partial charge >= 0.3 is 0 Å². The molecule has 0 bridgehead atoms. The second-order valence-electron chi connectivity index (χ2n) is 5.39. The Morgan fingerprint density at radius 2 is 1.92 bits per heavy atom. The number of H-pyrrole nitrogens is 1. The number of unbranched alkanes of at least 4 members (excludes halogenated alkanes) is 2. The molecule has 0 spiro atoms. The number of hydrogen-bond donors (Lipinski definition) is 2. The Balaban J connectivity index is 0.00000312. The molecule has 1 aromatic heterocycles. The lowest BCUT2D eigenvalue weighted by atomic mass is 10.1. The summed E-state index contributed by atoms with van der Waals surface area (Å²) in [4.78, 5) is 14.6. The molecule has 0 aliphatic carbocycles. The maximum atomic E-state index is 11.9. The van der Waals surface area contributed by atoms with E-state index in [0.29, 0.717) is 29.4 Å². The van der Waals surface area contributed by atoms with E-state index in [4.69, 9.17) is 27.4 Å². The fourth-order valence-electron chi connectivity index (χ4n) is 2.57. The molecule has 3 N–H and O–H groups in total. The number of aromatic nitrogens is 2. The summed E-state index contributed by atoms with van der Waals surface area (Å²) in [6, 6.07) is 7.04. The topological polar surface area (TPSA) is 82.3 Å². The highest BCUT2D eigenvalue weighted by atomic mass is 35.5. The van der Waals surface area contributed by atoms with Gasteiger partial charge in [-0.3, -0.25) is 9.78 Å². The maximum Gasteiger partial charge on any atom is 0.252 e. The summed E-state index contributed by atoms with van der Waals surface area (Å²) in [5, 5.41) is 0. The molecule has 2 aromatic rings. The molecule has 0 saturated carbocycles. The Labute approximate surface area is 158 Å².